The minimum Gasteiger partial charge on any atom is -0.289 e. The predicted octanol–water partition coefficient (Wildman–Crippen LogP) is 2.29. The van der Waals surface area contributed by atoms with Gasteiger partial charge in [-0.3, -0.25) is 4.79 Å². The molecule has 0 saturated heterocycles. The maximum atomic E-state index is 11.6. The molecule has 0 amide bonds. The zero-order valence-corrected chi connectivity index (χ0v) is 9.05. The number of hydrogen-bond acceptors (Lipinski definition) is 3. The molecule has 0 atom stereocenters. The molecule has 5 heteroatoms. The second-order valence-corrected chi connectivity index (χ2v) is 3.51. The second-order valence-electron chi connectivity index (χ2n) is 3.08. The van der Waals surface area contributed by atoms with Crippen molar-refractivity contribution >= 4 is 17.4 Å². The molecule has 1 aromatic carbocycles. The Hall–Kier alpha value is -1.94. The lowest BCUT2D eigenvalue weighted by Crippen LogP contribution is -2.04. The Morgan fingerprint density at radius 2 is 2.31 bits per heavy atom. The van der Waals surface area contributed by atoms with Gasteiger partial charge in [-0.2, -0.15) is 0 Å². The van der Waals surface area contributed by atoms with Crippen LogP contribution in [-0.4, -0.2) is 20.8 Å². The van der Waals surface area contributed by atoms with Gasteiger partial charge in [0.2, 0.25) is 0 Å². The van der Waals surface area contributed by atoms with Crippen molar-refractivity contribution < 1.29 is 4.79 Å². The van der Waals surface area contributed by atoms with Gasteiger partial charge >= 0.3 is 0 Å². The summed E-state index contributed by atoms with van der Waals surface area (Å²) in [7, 11) is 0. The summed E-state index contributed by atoms with van der Waals surface area (Å²) in [6, 6.07) is 4.99. The Balaban J connectivity index is 2.61. The number of benzene rings is 1. The van der Waals surface area contributed by atoms with Gasteiger partial charge in [0.05, 0.1) is 18.1 Å². The minimum absolute atomic E-state index is 0.201. The first-order chi connectivity index (χ1) is 7.72. The van der Waals surface area contributed by atoms with Crippen molar-refractivity contribution in [1.82, 2.24) is 15.0 Å². The third-order valence-corrected chi connectivity index (χ3v) is 2.31. The van der Waals surface area contributed by atoms with E-state index in [9.17, 15) is 4.79 Å². The van der Waals surface area contributed by atoms with Crippen molar-refractivity contribution in [2.45, 2.75) is 0 Å². The minimum atomic E-state index is -0.201. The van der Waals surface area contributed by atoms with Crippen molar-refractivity contribution in [3.05, 3.63) is 53.8 Å². The van der Waals surface area contributed by atoms with E-state index in [1.54, 1.807) is 24.4 Å². The zero-order chi connectivity index (χ0) is 11.5. The maximum absolute atomic E-state index is 11.6. The van der Waals surface area contributed by atoms with E-state index < -0.39 is 0 Å². The van der Waals surface area contributed by atoms with Crippen LogP contribution in [0.4, 0.5) is 0 Å². The maximum Gasteiger partial charge on any atom is 0.187 e. The fourth-order valence-electron chi connectivity index (χ4n) is 1.35. The Morgan fingerprint density at radius 3 is 2.94 bits per heavy atom. The van der Waals surface area contributed by atoms with E-state index >= 15 is 0 Å². The number of halogens is 1. The Kier molecular flexibility index (Phi) is 2.83. The van der Waals surface area contributed by atoms with Crippen molar-refractivity contribution in [3.8, 4) is 5.69 Å². The molecule has 0 spiro atoms. The lowest BCUT2D eigenvalue weighted by atomic mass is 10.1. The van der Waals surface area contributed by atoms with Crippen LogP contribution in [0.1, 0.15) is 10.4 Å². The highest BCUT2D eigenvalue weighted by molar-refractivity contribution is 6.31. The summed E-state index contributed by atoms with van der Waals surface area (Å²) in [6.07, 6.45) is 4.44. The zero-order valence-electron chi connectivity index (χ0n) is 8.30. The molecule has 0 saturated carbocycles. The van der Waals surface area contributed by atoms with Crippen LogP contribution in [0.5, 0.6) is 0 Å². The molecule has 4 nitrogen and oxygen atoms in total. The van der Waals surface area contributed by atoms with Gasteiger partial charge in [-0.05, 0) is 24.3 Å². The number of carbonyl (C=O) groups excluding carboxylic acids is 1. The molecule has 0 N–H and O–H groups in total. The molecule has 0 aliphatic heterocycles. The molecule has 0 radical (unpaired) electrons. The Bertz CT molecular complexity index is 534. The number of carbonyl (C=O) groups is 1. The highest BCUT2D eigenvalue weighted by atomic mass is 35.5. The molecule has 1 heterocycles. The third kappa shape index (κ3) is 1.87. The standard InChI is InChI=1S/C11H8ClN3O/c1-2-11(16)9-7-8(12)3-4-10(9)15-6-5-13-14-15/h2-7H,1H2. The number of ketones is 1. The Labute approximate surface area is 97.2 Å². The predicted molar refractivity (Wildman–Crippen MR) is 60.9 cm³/mol. The van der Waals surface area contributed by atoms with Gasteiger partial charge in [0.1, 0.15) is 0 Å². The molecule has 2 aromatic rings. The summed E-state index contributed by atoms with van der Waals surface area (Å²) < 4.78 is 1.51. The topological polar surface area (TPSA) is 47.8 Å². The first-order valence-corrected chi connectivity index (χ1v) is 4.93. The smallest absolute Gasteiger partial charge is 0.187 e. The SMILES string of the molecule is C=CC(=O)c1cc(Cl)ccc1-n1ccnn1. The lowest BCUT2D eigenvalue weighted by molar-refractivity contribution is 0.104. The van der Waals surface area contributed by atoms with Crippen LogP contribution in [-0.2, 0) is 0 Å². The van der Waals surface area contributed by atoms with Crippen molar-refractivity contribution in [2.24, 2.45) is 0 Å². The van der Waals surface area contributed by atoms with Crippen LogP contribution in [0.3, 0.4) is 0 Å². The van der Waals surface area contributed by atoms with Gasteiger partial charge in [-0.1, -0.05) is 23.4 Å². The summed E-state index contributed by atoms with van der Waals surface area (Å²) in [5.41, 5.74) is 1.08. The van der Waals surface area contributed by atoms with Gasteiger partial charge < -0.3 is 0 Å². The second kappa shape index (κ2) is 4.28. The van der Waals surface area contributed by atoms with Crippen molar-refractivity contribution in [3.63, 3.8) is 0 Å². The van der Waals surface area contributed by atoms with Crippen LogP contribution in [0.2, 0.25) is 5.02 Å². The van der Waals surface area contributed by atoms with Crippen molar-refractivity contribution in [1.29, 1.82) is 0 Å². The number of allylic oxidation sites excluding steroid dienone is 1. The fourth-order valence-corrected chi connectivity index (χ4v) is 1.52. The van der Waals surface area contributed by atoms with E-state index in [2.05, 4.69) is 16.9 Å². The van der Waals surface area contributed by atoms with Gasteiger partial charge in [-0.25, -0.2) is 4.68 Å². The Morgan fingerprint density at radius 1 is 1.50 bits per heavy atom. The molecule has 0 bridgehead atoms. The first kappa shape index (κ1) is 10.6. The van der Waals surface area contributed by atoms with Crippen molar-refractivity contribution in [2.75, 3.05) is 0 Å². The summed E-state index contributed by atoms with van der Waals surface area (Å²) in [5, 5.41) is 8.02. The molecule has 0 fully saturated rings. The summed E-state index contributed by atoms with van der Waals surface area (Å²) in [4.78, 5) is 11.6. The van der Waals surface area contributed by atoms with Crippen LogP contribution in [0.25, 0.3) is 5.69 Å². The molecule has 80 valence electrons. The van der Waals surface area contributed by atoms with Crippen LogP contribution < -0.4 is 0 Å². The van der Waals surface area contributed by atoms with E-state index in [4.69, 9.17) is 11.6 Å². The summed E-state index contributed by atoms with van der Waals surface area (Å²) in [5.74, 6) is -0.201. The van der Waals surface area contributed by atoms with Gasteiger partial charge in [0.25, 0.3) is 0 Å². The fraction of sp³-hybridized carbons (Fsp3) is 0. The molecule has 0 aliphatic carbocycles. The largest absolute Gasteiger partial charge is 0.289 e. The van der Waals surface area contributed by atoms with E-state index in [0.29, 0.717) is 16.3 Å². The van der Waals surface area contributed by atoms with E-state index in [1.165, 1.54) is 17.0 Å². The van der Waals surface area contributed by atoms with Gasteiger partial charge in [0.15, 0.2) is 5.78 Å². The average molecular weight is 234 g/mol. The quantitative estimate of drug-likeness (QED) is 0.604. The van der Waals surface area contributed by atoms with Gasteiger partial charge in [-0.15, -0.1) is 5.10 Å². The van der Waals surface area contributed by atoms with E-state index in [-0.39, 0.29) is 5.78 Å². The number of nitrogens with zero attached hydrogens (tertiary/aromatic N) is 3. The number of aromatic nitrogens is 3. The first-order valence-electron chi connectivity index (χ1n) is 4.55. The lowest BCUT2D eigenvalue weighted by Gasteiger charge is -2.06. The highest BCUT2D eigenvalue weighted by Gasteiger charge is 2.11. The van der Waals surface area contributed by atoms with Crippen LogP contribution in [0, 0.1) is 0 Å². The summed E-state index contributed by atoms with van der Waals surface area (Å²) >= 11 is 5.85. The summed E-state index contributed by atoms with van der Waals surface area (Å²) in [6.45, 7) is 3.45. The number of rotatable bonds is 3. The molecular weight excluding hydrogens is 226 g/mol. The van der Waals surface area contributed by atoms with Gasteiger partial charge in [0, 0.05) is 10.6 Å². The molecular formula is C11H8ClN3O. The van der Waals surface area contributed by atoms with E-state index in [0.717, 1.165) is 0 Å². The molecule has 2 rings (SSSR count). The molecule has 0 unspecified atom stereocenters. The van der Waals surface area contributed by atoms with Crippen LogP contribution in [0.15, 0.2) is 43.2 Å². The molecule has 0 aliphatic rings. The average Bonchev–Trinajstić information content (AvgIpc) is 2.81. The molecule has 16 heavy (non-hydrogen) atoms. The number of hydrogen-bond donors (Lipinski definition) is 0. The third-order valence-electron chi connectivity index (χ3n) is 2.08. The monoisotopic (exact) mass is 233 g/mol. The highest BCUT2D eigenvalue weighted by Crippen LogP contribution is 2.19. The van der Waals surface area contributed by atoms with E-state index in [1.807, 2.05) is 0 Å². The molecule has 1 aromatic heterocycles. The van der Waals surface area contributed by atoms with Crippen LogP contribution >= 0.6 is 11.6 Å². The normalized spacial score (nSPS) is 10.1.